The molecule has 0 bridgehead atoms. The Morgan fingerprint density at radius 1 is 1.47 bits per heavy atom. The van der Waals surface area contributed by atoms with Gasteiger partial charge in [0.25, 0.3) is 0 Å². The summed E-state index contributed by atoms with van der Waals surface area (Å²) in [5.74, 6) is 0. The topological polar surface area (TPSA) is 38.8 Å². The molecule has 80 valence electrons. The first kappa shape index (κ1) is 9.83. The molecule has 1 unspecified atom stereocenters. The molecule has 1 aliphatic rings. The fourth-order valence-electron chi connectivity index (χ4n) is 1.79. The molecule has 1 heterocycles. The van der Waals surface area contributed by atoms with E-state index in [-0.39, 0.29) is 6.23 Å². The number of benzene rings is 1. The molecule has 1 aromatic rings. The Kier molecular flexibility index (Phi) is 2.49. The van der Waals surface area contributed by atoms with Crippen LogP contribution in [0.15, 0.2) is 24.3 Å². The van der Waals surface area contributed by atoms with Crippen molar-refractivity contribution >= 4 is 11.8 Å². The van der Waals surface area contributed by atoms with Gasteiger partial charge in [0.2, 0.25) is 0 Å². The second-order valence-electron chi connectivity index (χ2n) is 3.47. The zero-order chi connectivity index (χ0) is 10.8. The number of fused-ring (bicyclic) bond motifs is 1. The van der Waals surface area contributed by atoms with Crippen molar-refractivity contribution in [2.45, 2.75) is 12.6 Å². The maximum absolute atomic E-state index is 11.0. The highest BCUT2D eigenvalue weighted by Crippen LogP contribution is 2.30. The molecule has 1 aliphatic heterocycles. The van der Waals surface area contributed by atoms with Gasteiger partial charge in [-0.05, 0) is 11.6 Å². The number of hydrogen-bond acceptors (Lipinski definition) is 4. The zero-order valence-electron chi connectivity index (χ0n) is 8.77. The standard InChI is InChI=1S/C11H13NO3/c1-12-9-6-4-3-5-8(9)7-10(12)15-11(13)14-2/h3-6,10H,7H2,1-2H3. The fraction of sp³-hybridized carbons (Fsp3) is 0.364. The highest BCUT2D eigenvalue weighted by atomic mass is 16.7. The Balaban J connectivity index is 2.13. The molecule has 0 aliphatic carbocycles. The van der Waals surface area contributed by atoms with Crippen LogP contribution in [0.25, 0.3) is 0 Å². The summed E-state index contributed by atoms with van der Waals surface area (Å²) in [7, 11) is 3.21. The van der Waals surface area contributed by atoms with Gasteiger partial charge in [0.1, 0.15) is 0 Å². The van der Waals surface area contributed by atoms with Crippen LogP contribution in [0.2, 0.25) is 0 Å². The van der Waals surface area contributed by atoms with Gasteiger partial charge in [-0.15, -0.1) is 0 Å². The maximum Gasteiger partial charge on any atom is 0.509 e. The van der Waals surface area contributed by atoms with Crippen molar-refractivity contribution in [2.24, 2.45) is 0 Å². The van der Waals surface area contributed by atoms with Gasteiger partial charge in [0.05, 0.1) is 7.11 Å². The van der Waals surface area contributed by atoms with Crippen LogP contribution >= 0.6 is 0 Å². The summed E-state index contributed by atoms with van der Waals surface area (Å²) < 4.78 is 9.59. The smallest absolute Gasteiger partial charge is 0.438 e. The first-order chi connectivity index (χ1) is 7.22. The molecule has 15 heavy (non-hydrogen) atoms. The van der Waals surface area contributed by atoms with E-state index < -0.39 is 6.16 Å². The van der Waals surface area contributed by atoms with Crippen molar-refractivity contribution in [1.29, 1.82) is 0 Å². The fourth-order valence-corrected chi connectivity index (χ4v) is 1.79. The second kappa shape index (κ2) is 3.81. The minimum Gasteiger partial charge on any atom is -0.438 e. The van der Waals surface area contributed by atoms with Gasteiger partial charge in [-0.2, -0.15) is 0 Å². The van der Waals surface area contributed by atoms with E-state index in [9.17, 15) is 4.79 Å². The molecule has 4 nitrogen and oxygen atoms in total. The second-order valence-corrected chi connectivity index (χ2v) is 3.47. The van der Waals surface area contributed by atoms with Gasteiger partial charge in [-0.25, -0.2) is 4.79 Å². The molecule has 2 rings (SSSR count). The van der Waals surface area contributed by atoms with Gasteiger partial charge in [-0.1, -0.05) is 18.2 Å². The predicted octanol–water partition coefficient (Wildman–Crippen LogP) is 1.79. The molecular weight excluding hydrogens is 194 g/mol. The lowest BCUT2D eigenvalue weighted by Gasteiger charge is -2.21. The van der Waals surface area contributed by atoms with E-state index in [0.29, 0.717) is 6.42 Å². The Hall–Kier alpha value is -1.71. The lowest BCUT2D eigenvalue weighted by atomic mass is 10.2. The maximum atomic E-state index is 11.0. The number of carbonyl (C=O) groups excluding carboxylic acids is 1. The van der Waals surface area contributed by atoms with E-state index in [1.54, 1.807) is 0 Å². The van der Waals surface area contributed by atoms with Crippen LogP contribution < -0.4 is 4.90 Å². The van der Waals surface area contributed by atoms with Gasteiger partial charge < -0.3 is 14.4 Å². The van der Waals surface area contributed by atoms with Gasteiger partial charge in [0.15, 0.2) is 6.23 Å². The van der Waals surface area contributed by atoms with E-state index in [0.717, 1.165) is 5.69 Å². The number of rotatable bonds is 1. The van der Waals surface area contributed by atoms with E-state index in [4.69, 9.17) is 4.74 Å². The quantitative estimate of drug-likeness (QED) is 0.658. The van der Waals surface area contributed by atoms with Crippen LogP contribution in [0.5, 0.6) is 0 Å². The van der Waals surface area contributed by atoms with E-state index >= 15 is 0 Å². The lowest BCUT2D eigenvalue weighted by molar-refractivity contribution is 0.0405. The first-order valence-electron chi connectivity index (χ1n) is 4.77. The minimum absolute atomic E-state index is 0.255. The van der Waals surface area contributed by atoms with Crippen LogP contribution in [0.4, 0.5) is 10.5 Å². The van der Waals surface area contributed by atoms with Crippen LogP contribution in [0.1, 0.15) is 5.56 Å². The van der Waals surface area contributed by atoms with E-state index in [1.807, 2.05) is 36.2 Å². The summed E-state index contributed by atoms with van der Waals surface area (Å²) in [6.07, 6.45) is -0.184. The normalized spacial score (nSPS) is 18.5. The summed E-state index contributed by atoms with van der Waals surface area (Å²) >= 11 is 0. The van der Waals surface area contributed by atoms with Crippen molar-refractivity contribution in [3.8, 4) is 0 Å². The molecular formula is C11H13NO3. The molecule has 4 heteroatoms. The monoisotopic (exact) mass is 207 g/mol. The van der Waals surface area contributed by atoms with Gasteiger partial charge in [0, 0.05) is 19.2 Å². The summed E-state index contributed by atoms with van der Waals surface area (Å²) in [5.41, 5.74) is 2.29. The number of nitrogens with zero attached hydrogens (tertiary/aromatic N) is 1. The third-order valence-corrected chi connectivity index (χ3v) is 2.60. The average Bonchev–Trinajstić information content (AvgIpc) is 2.57. The number of anilines is 1. The predicted molar refractivity (Wildman–Crippen MR) is 55.8 cm³/mol. The van der Waals surface area contributed by atoms with Gasteiger partial charge in [-0.3, -0.25) is 0 Å². The summed E-state index contributed by atoms with van der Waals surface area (Å²) in [4.78, 5) is 12.9. The summed E-state index contributed by atoms with van der Waals surface area (Å²) in [5, 5.41) is 0. The summed E-state index contributed by atoms with van der Waals surface area (Å²) in [6.45, 7) is 0. The first-order valence-corrected chi connectivity index (χ1v) is 4.77. The molecule has 0 aromatic heterocycles. The van der Waals surface area contributed by atoms with Crippen molar-refractivity contribution in [3.63, 3.8) is 0 Å². The Bertz CT molecular complexity index is 378. The van der Waals surface area contributed by atoms with E-state index in [1.165, 1.54) is 12.7 Å². The largest absolute Gasteiger partial charge is 0.509 e. The van der Waals surface area contributed by atoms with Crippen molar-refractivity contribution in [1.82, 2.24) is 0 Å². The number of hydrogen-bond donors (Lipinski definition) is 0. The highest BCUT2D eigenvalue weighted by molar-refractivity contribution is 5.63. The van der Waals surface area contributed by atoms with Crippen LogP contribution in [0, 0.1) is 0 Å². The highest BCUT2D eigenvalue weighted by Gasteiger charge is 2.29. The third kappa shape index (κ3) is 1.75. The lowest BCUT2D eigenvalue weighted by Crippen LogP contribution is -2.32. The SMILES string of the molecule is COC(=O)OC1Cc2ccccc2N1C. The van der Waals surface area contributed by atoms with Crippen LogP contribution in [0.3, 0.4) is 0 Å². The molecule has 1 aromatic carbocycles. The van der Waals surface area contributed by atoms with Crippen molar-refractivity contribution in [2.75, 3.05) is 19.1 Å². The van der Waals surface area contributed by atoms with Crippen LogP contribution in [-0.2, 0) is 15.9 Å². The molecule has 0 saturated carbocycles. The molecule has 0 saturated heterocycles. The summed E-state index contributed by atoms with van der Waals surface area (Å²) in [6, 6.07) is 7.99. The average molecular weight is 207 g/mol. The van der Waals surface area contributed by atoms with Crippen LogP contribution in [-0.4, -0.2) is 26.5 Å². The molecule has 0 N–H and O–H groups in total. The minimum atomic E-state index is -0.639. The number of para-hydroxylation sites is 1. The number of likely N-dealkylation sites (N-methyl/N-ethyl adjacent to an activating group) is 1. The number of methoxy groups -OCH3 is 1. The molecule has 1 atom stereocenters. The molecule has 0 radical (unpaired) electrons. The van der Waals surface area contributed by atoms with Gasteiger partial charge >= 0.3 is 6.16 Å². The third-order valence-electron chi connectivity index (χ3n) is 2.60. The van der Waals surface area contributed by atoms with E-state index in [2.05, 4.69) is 4.74 Å². The molecule has 0 fully saturated rings. The number of carbonyl (C=O) groups is 1. The van der Waals surface area contributed by atoms with Crippen molar-refractivity contribution < 1.29 is 14.3 Å². The zero-order valence-corrected chi connectivity index (χ0v) is 8.77. The number of ether oxygens (including phenoxy) is 2. The Labute approximate surface area is 88.4 Å². The molecule has 0 spiro atoms. The Morgan fingerprint density at radius 3 is 2.87 bits per heavy atom. The van der Waals surface area contributed by atoms with Crippen molar-refractivity contribution in [3.05, 3.63) is 29.8 Å². The molecule has 0 amide bonds. The Morgan fingerprint density at radius 2 is 2.20 bits per heavy atom.